The number of hydrogen-bond acceptors (Lipinski definition) is 1. The lowest BCUT2D eigenvalue weighted by atomic mass is 9.55. The average molecular weight is 333 g/mol. The molecule has 2 saturated carbocycles. The summed E-state index contributed by atoms with van der Waals surface area (Å²) >= 11 is 0. The largest absolute Gasteiger partial charge is 0.366 e. The van der Waals surface area contributed by atoms with E-state index in [9.17, 15) is 4.79 Å². The summed E-state index contributed by atoms with van der Waals surface area (Å²) in [5.74, 6) is 7.78. The van der Waals surface area contributed by atoms with Gasteiger partial charge in [0.05, 0.1) is 5.56 Å². The third-order valence-electron chi connectivity index (χ3n) is 7.34. The summed E-state index contributed by atoms with van der Waals surface area (Å²) in [5, 5.41) is 0. The van der Waals surface area contributed by atoms with Crippen LogP contribution < -0.4 is 5.73 Å². The topological polar surface area (TPSA) is 43.1 Å². The molecule has 0 aliphatic heterocycles. The zero-order valence-electron chi connectivity index (χ0n) is 15.3. The fraction of sp³-hybridized carbons (Fsp3) is 0.522. The Morgan fingerprint density at radius 2 is 2.08 bits per heavy atom. The molecule has 3 aliphatic rings. The minimum atomic E-state index is -0.369. The summed E-state index contributed by atoms with van der Waals surface area (Å²) in [6, 6.07) is 4.20. The highest BCUT2D eigenvalue weighted by Gasteiger charge is 2.51. The van der Waals surface area contributed by atoms with E-state index in [1.807, 2.05) is 13.0 Å². The van der Waals surface area contributed by atoms with E-state index in [0.717, 1.165) is 23.8 Å². The molecule has 0 bridgehead atoms. The van der Waals surface area contributed by atoms with Gasteiger partial charge in [0.2, 0.25) is 5.91 Å². The Balaban J connectivity index is 1.77. The quantitative estimate of drug-likeness (QED) is 0.594. The van der Waals surface area contributed by atoms with Crippen LogP contribution in [0.1, 0.15) is 78.9 Å². The van der Waals surface area contributed by atoms with Crippen LogP contribution in [0.4, 0.5) is 0 Å². The number of carbonyl (C=O) groups is 1. The first-order chi connectivity index (χ1) is 12.0. The summed E-state index contributed by atoms with van der Waals surface area (Å²) < 4.78 is 0. The number of fused-ring (bicyclic) bond motifs is 5. The Hall–Kier alpha value is -2.01. The molecule has 1 aromatic carbocycles. The van der Waals surface area contributed by atoms with Crippen molar-refractivity contribution < 1.29 is 4.79 Å². The predicted molar refractivity (Wildman–Crippen MR) is 101 cm³/mol. The normalized spacial score (nSPS) is 32.9. The van der Waals surface area contributed by atoms with Crippen LogP contribution in [-0.4, -0.2) is 5.91 Å². The van der Waals surface area contributed by atoms with Crippen molar-refractivity contribution in [2.75, 3.05) is 0 Å². The van der Waals surface area contributed by atoms with Gasteiger partial charge >= 0.3 is 0 Å². The minimum absolute atomic E-state index is 0.345. The third kappa shape index (κ3) is 2.36. The molecule has 4 unspecified atom stereocenters. The maximum Gasteiger partial charge on any atom is 0.249 e. The summed E-state index contributed by atoms with van der Waals surface area (Å²) in [6.07, 6.45) is 7.23. The molecule has 0 radical (unpaired) electrons. The van der Waals surface area contributed by atoms with Crippen molar-refractivity contribution >= 4 is 5.91 Å². The minimum Gasteiger partial charge on any atom is -0.366 e. The molecule has 4 atom stereocenters. The van der Waals surface area contributed by atoms with Crippen LogP contribution in [0.3, 0.4) is 0 Å². The number of allylic oxidation sites excluding steroid dienone is 1. The summed E-state index contributed by atoms with van der Waals surface area (Å²) in [6.45, 7) is 8.65. The zero-order chi connectivity index (χ0) is 17.8. The molecule has 4 rings (SSSR count). The predicted octanol–water partition coefficient (Wildman–Crippen LogP) is 4.57. The molecule has 130 valence electrons. The van der Waals surface area contributed by atoms with Gasteiger partial charge in [-0.3, -0.25) is 4.79 Å². The van der Waals surface area contributed by atoms with Gasteiger partial charge in [0.15, 0.2) is 0 Å². The molecule has 0 saturated heterocycles. The molecule has 0 aromatic heterocycles. The second-order valence-corrected chi connectivity index (χ2v) is 8.35. The van der Waals surface area contributed by atoms with Crippen molar-refractivity contribution in [1.82, 2.24) is 0 Å². The highest BCUT2D eigenvalue weighted by Crippen LogP contribution is 2.62. The van der Waals surface area contributed by atoms with Crippen LogP contribution in [0.15, 0.2) is 24.3 Å². The number of carbonyl (C=O) groups excluding carboxylic acids is 1. The molecule has 0 spiro atoms. The Kier molecular flexibility index (Phi) is 3.80. The lowest BCUT2D eigenvalue weighted by Gasteiger charge is -2.49. The highest BCUT2D eigenvalue weighted by molar-refractivity contribution is 5.96. The molecule has 1 amide bonds. The average Bonchev–Trinajstić information content (AvgIpc) is 2.89. The van der Waals surface area contributed by atoms with Crippen LogP contribution >= 0.6 is 0 Å². The molecule has 2 fully saturated rings. The number of benzene rings is 1. The van der Waals surface area contributed by atoms with Gasteiger partial charge in [-0.25, -0.2) is 0 Å². The summed E-state index contributed by atoms with van der Waals surface area (Å²) in [4.78, 5) is 11.8. The maximum atomic E-state index is 11.8. The first-order valence-corrected chi connectivity index (χ1v) is 9.53. The highest BCUT2D eigenvalue weighted by atomic mass is 16.1. The molecule has 2 heteroatoms. The van der Waals surface area contributed by atoms with E-state index in [4.69, 9.17) is 5.73 Å². The molecule has 1 aromatic rings. The van der Waals surface area contributed by atoms with Crippen molar-refractivity contribution in [2.45, 2.75) is 58.3 Å². The van der Waals surface area contributed by atoms with Gasteiger partial charge in [0.1, 0.15) is 0 Å². The Labute approximate surface area is 150 Å². The van der Waals surface area contributed by atoms with Gasteiger partial charge in [-0.15, -0.1) is 5.92 Å². The second-order valence-electron chi connectivity index (χ2n) is 8.35. The first-order valence-electron chi connectivity index (χ1n) is 9.53. The van der Waals surface area contributed by atoms with Crippen LogP contribution in [0, 0.1) is 29.1 Å². The van der Waals surface area contributed by atoms with E-state index in [0.29, 0.717) is 16.9 Å². The SMILES string of the molecule is C=C1CCC2C3CCc4cc(C(N)=O)c(C#CC)cc4C3CCC12C. The van der Waals surface area contributed by atoms with Crippen molar-refractivity contribution in [1.29, 1.82) is 0 Å². The first kappa shape index (κ1) is 16.5. The lowest BCUT2D eigenvalue weighted by Crippen LogP contribution is -2.40. The standard InChI is InChI=1S/C23H27NO/c1-4-5-15-12-19-16(13-20(15)22(24)25)7-8-18-17(19)10-11-23(3)14(2)6-9-21(18)23/h12-13,17-18,21H,2,6-11H2,1,3H3,(H2,24,25). The number of amides is 1. The van der Waals surface area contributed by atoms with E-state index in [2.05, 4.69) is 31.4 Å². The lowest BCUT2D eigenvalue weighted by molar-refractivity contribution is 0.0816. The van der Waals surface area contributed by atoms with Crippen LogP contribution in [0.25, 0.3) is 0 Å². The molecule has 3 aliphatic carbocycles. The number of rotatable bonds is 1. The van der Waals surface area contributed by atoms with Gasteiger partial charge in [0.25, 0.3) is 0 Å². The molecular formula is C23H27NO. The number of primary amides is 1. The van der Waals surface area contributed by atoms with Crippen molar-refractivity contribution in [3.8, 4) is 11.8 Å². The van der Waals surface area contributed by atoms with E-state index in [-0.39, 0.29) is 5.91 Å². The van der Waals surface area contributed by atoms with Crippen LogP contribution in [0.2, 0.25) is 0 Å². The van der Waals surface area contributed by atoms with Crippen molar-refractivity contribution in [2.24, 2.45) is 23.0 Å². The number of hydrogen-bond donors (Lipinski definition) is 1. The number of aryl methyl sites for hydroxylation is 1. The molecule has 25 heavy (non-hydrogen) atoms. The fourth-order valence-corrected chi connectivity index (χ4v) is 5.97. The Morgan fingerprint density at radius 3 is 2.80 bits per heavy atom. The van der Waals surface area contributed by atoms with Crippen LogP contribution in [0.5, 0.6) is 0 Å². The summed E-state index contributed by atoms with van der Waals surface area (Å²) in [5.41, 5.74) is 11.6. The fourth-order valence-electron chi connectivity index (χ4n) is 5.97. The van der Waals surface area contributed by atoms with E-state index in [1.54, 1.807) is 0 Å². The molecule has 2 nitrogen and oxygen atoms in total. The Bertz CT molecular complexity index is 824. The van der Waals surface area contributed by atoms with Gasteiger partial charge in [-0.1, -0.05) is 25.0 Å². The van der Waals surface area contributed by atoms with Crippen molar-refractivity contribution in [3.05, 3.63) is 46.5 Å². The van der Waals surface area contributed by atoms with E-state index >= 15 is 0 Å². The van der Waals surface area contributed by atoms with E-state index in [1.165, 1.54) is 48.8 Å². The third-order valence-corrected chi connectivity index (χ3v) is 7.34. The van der Waals surface area contributed by atoms with E-state index < -0.39 is 0 Å². The van der Waals surface area contributed by atoms with Crippen molar-refractivity contribution in [3.63, 3.8) is 0 Å². The second kappa shape index (κ2) is 5.77. The zero-order valence-corrected chi connectivity index (χ0v) is 15.3. The maximum absolute atomic E-state index is 11.8. The Morgan fingerprint density at radius 1 is 1.28 bits per heavy atom. The molecule has 2 N–H and O–H groups in total. The van der Waals surface area contributed by atoms with Crippen LogP contribution in [-0.2, 0) is 6.42 Å². The smallest absolute Gasteiger partial charge is 0.249 e. The molecule has 0 heterocycles. The summed E-state index contributed by atoms with van der Waals surface area (Å²) in [7, 11) is 0. The van der Waals surface area contributed by atoms with Gasteiger partial charge in [0, 0.05) is 5.56 Å². The van der Waals surface area contributed by atoms with Gasteiger partial charge < -0.3 is 5.73 Å². The van der Waals surface area contributed by atoms with Gasteiger partial charge in [-0.2, -0.15) is 0 Å². The molecular weight excluding hydrogens is 306 g/mol. The monoisotopic (exact) mass is 333 g/mol. The van der Waals surface area contributed by atoms with Gasteiger partial charge in [-0.05, 0) is 91.9 Å². The number of nitrogens with two attached hydrogens (primary N) is 1.